The van der Waals surface area contributed by atoms with Crippen molar-refractivity contribution in [1.29, 1.82) is 0 Å². The summed E-state index contributed by atoms with van der Waals surface area (Å²) in [6, 6.07) is 13.4. The van der Waals surface area contributed by atoms with Gasteiger partial charge in [-0.3, -0.25) is 9.59 Å². The Hall–Kier alpha value is -3.03. The third-order valence-corrected chi connectivity index (χ3v) is 5.23. The average molecular weight is 445 g/mol. The zero-order valence-electron chi connectivity index (χ0n) is 16.5. The lowest BCUT2D eigenvalue weighted by molar-refractivity contribution is 0.101. The summed E-state index contributed by atoms with van der Waals surface area (Å²) < 4.78 is 11.1. The molecule has 0 aliphatic carbocycles. The number of hydrogen-bond donors (Lipinski definition) is 2. The molecule has 0 aliphatic heterocycles. The molecule has 30 heavy (non-hydrogen) atoms. The number of halogens is 1. The molecule has 0 unspecified atom stereocenters. The number of hydrogen-bond acceptors (Lipinski definition) is 5. The number of ether oxygens (including phenoxy) is 2. The number of carbonyl (C=O) groups excluding carboxylic acids is 2. The van der Waals surface area contributed by atoms with Gasteiger partial charge in [0.1, 0.15) is 11.5 Å². The molecular formula is C22H21ClN2O4S. The second-order valence-corrected chi connectivity index (χ2v) is 7.46. The largest absolute Gasteiger partial charge is 0.494 e. The SMILES string of the molecule is CCOc1ccc(OCC)c(NC(=O)c2ccc(Cl)c(NC(=O)c3cccs3)c2)c1. The fourth-order valence-electron chi connectivity index (χ4n) is 2.69. The fourth-order valence-corrected chi connectivity index (χ4v) is 3.48. The molecule has 2 amide bonds. The molecule has 0 fully saturated rings. The first-order chi connectivity index (χ1) is 14.5. The Bertz CT molecular complexity index is 1040. The number of carbonyl (C=O) groups is 2. The maximum absolute atomic E-state index is 12.9. The van der Waals surface area contributed by atoms with Gasteiger partial charge in [0.15, 0.2) is 0 Å². The molecule has 1 heterocycles. The monoisotopic (exact) mass is 444 g/mol. The molecule has 0 spiro atoms. The second kappa shape index (κ2) is 10.1. The number of thiophene rings is 1. The minimum absolute atomic E-state index is 0.285. The highest BCUT2D eigenvalue weighted by atomic mass is 35.5. The van der Waals surface area contributed by atoms with Crippen LogP contribution in [0.1, 0.15) is 33.9 Å². The molecule has 2 N–H and O–H groups in total. The molecule has 0 bridgehead atoms. The van der Waals surface area contributed by atoms with E-state index in [1.165, 1.54) is 17.4 Å². The van der Waals surface area contributed by atoms with E-state index in [1.54, 1.807) is 42.5 Å². The van der Waals surface area contributed by atoms with Crippen LogP contribution < -0.4 is 20.1 Å². The fraction of sp³-hybridized carbons (Fsp3) is 0.182. The molecule has 3 rings (SSSR count). The highest BCUT2D eigenvalue weighted by Crippen LogP contribution is 2.31. The Morgan fingerprint density at radius 2 is 1.70 bits per heavy atom. The summed E-state index contributed by atoms with van der Waals surface area (Å²) in [5.41, 5.74) is 1.19. The van der Waals surface area contributed by atoms with Gasteiger partial charge in [0.25, 0.3) is 11.8 Å². The Labute approximate surface area is 183 Å². The molecule has 156 valence electrons. The van der Waals surface area contributed by atoms with Crippen molar-refractivity contribution < 1.29 is 19.1 Å². The molecule has 0 aliphatic rings. The zero-order chi connectivity index (χ0) is 21.5. The molecular weight excluding hydrogens is 424 g/mol. The van der Waals surface area contributed by atoms with Crippen LogP contribution in [-0.2, 0) is 0 Å². The van der Waals surface area contributed by atoms with Crippen molar-refractivity contribution in [2.75, 3.05) is 23.8 Å². The van der Waals surface area contributed by atoms with Crippen LogP contribution in [0.25, 0.3) is 0 Å². The van der Waals surface area contributed by atoms with Gasteiger partial charge >= 0.3 is 0 Å². The molecule has 0 saturated carbocycles. The van der Waals surface area contributed by atoms with Gasteiger partial charge in [-0.2, -0.15) is 0 Å². The van der Waals surface area contributed by atoms with E-state index in [2.05, 4.69) is 10.6 Å². The summed E-state index contributed by atoms with van der Waals surface area (Å²) in [5, 5.41) is 7.73. The molecule has 2 aromatic carbocycles. The summed E-state index contributed by atoms with van der Waals surface area (Å²) in [6.07, 6.45) is 0. The van der Waals surface area contributed by atoms with Crippen molar-refractivity contribution in [3.63, 3.8) is 0 Å². The first-order valence-corrected chi connectivity index (χ1v) is 10.6. The lowest BCUT2D eigenvalue weighted by Crippen LogP contribution is -2.15. The zero-order valence-corrected chi connectivity index (χ0v) is 18.1. The highest BCUT2D eigenvalue weighted by molar-refractivity contribution is 7.12. The molecule has 1 aromatic heterocycles. The molecule has 0 radical (unpaired) electrons. The van der Waals surface area contributed by atoms with Gasteiger partial charge in [-0.15, -0.1) is 11.3 Å². The summed E-state index contributed by atoms with van der Waals surface area (Å²) in [7, 11) is 0. The quantitative estimate of drug-likeness (QED) is 0.467. The van der Waals surface area contributed by atoms with Crippen LogP contribution in [0.3, 0.4) is 0 Å². The summed E-state index contributed by atoms with van der Waals surface area (Å²) in [5.74, 6) is 0.506. The van der Waals surface area contributed by atoms with Gasteiger partial charge in [-0.1, -0.05) is 17.7 Å². The van der Waals surface area contributed by atoms with Gasteiger partial charge in [0.2, 0.25) is 0 Å². The van der Waals surface area contributed by atoms with Crippen molar-refractivity contribution in [3.8, 4) is 11.5 Å². The Balaban J connectivity index is 1.82. The van der Waals surface area contributed by atoms with E-state index in [-0.39, 0.29) is 11.8 Å². The standard InChI is InChI=1S/C22H21ClN2O4S/c1-3-28-15-8-10-19(29-4-2)18(13-15)25-21(26)14-7-9-16(23)17(12-14)24-22(27)20-6-5-11-30-20/h5-13H,3-4H2,1-2H3,(H,24,27)(H,25,26). The minimum Gasteiger partial charge on any atom is -0.494 e. The van der Waals surface area contributed by atoms with E-state index in [0.29, 0.717) is 51.6 Å². The summed E-state index contributed by atoms with van der Waals surface area (Å²) >= 11 is 7.53. The number of amides is 2. The van der Waals surface area contributed by atoms with E-state index < -0.39 is 0 Å². The Morgan fingerprint density at radius 1 is 0.933 bits per heavy atom. The number of rotatable bonds is 8. The smallest absolute Gasteiger partial charge is 0.265 e. The first-order valence-electron chi connectivity index (χ1n) is 9.37. The Morgan fingerprint density at radius 3 is 2.40 bits per heavy atom. The van der Waals surface area contributed by atoms with Crippen LogP contribution in [0.5, 0.6) is 11.5 Å². The van der Waals surface area contributed by atoms with E-state index in [9.17, 15) is 9.59 Å². The predicted octanol–water partition coefficient (Wildman–Crippen LogP) is 5.70. The maximum atomic E-state index is 12.9. The van der Waals surface area contributed by atoms with Gasteiger partial charge in [0, 0.05) is 11.6 Å². The lowest BCUT2D eigenvalue weighted by atomic mass is 10.1. The van der Waals surface area contributed by atoms with E-state index in [1.807, 2.05) is 19.2 Å². The van der Waals surface area contributed by atoms with Crippen molar-refractivity contribution in [3.05, 3.63) is 69.4 Å². The predicted molar refractivity (Wildman–Crippen MR) is 120 cm³/mol. The number of nitrogens with one attached hydrogen (secondary N) is 2. The topological polar surface area (TPSA) is 76.7 Å². The van der Waals surface area contributed by atoms with Crippen LogP contribution in [-0.4, -0.2) is 25.0 Å². The van der Waals surface area contributed by atoms with Crippen molar-refractivity contribution >= 4 is 46.1 Å². The van der Waals surface area contributed by atoms with Crippen LogP contribution in [0, 0.1) is 0 Å². The number of benzene rings is 2. The molecule has 6 nitrogen and oxygen atoms in total. The Kier molecular flexibility index (Phi) is 7.32. The van der Waals surface area contributed by atoms with Crippen molar-refractivity contribution in [1.82, 2.24) is 0 Å². The second-order valence-electron chi connectivity index (χ2n) is 6.10. The van der Waals surface area contributed by atoms with Crippen LogP contribution in [0.15, 0.2) is 53.9 Å². The van der Waals surface area contributed by atoms with Gasteiger partial charge in [-0.25, -0.2) is 0 Å². The molecule has 8 heteroatoms. The average Bonchev–Trinajstić information content (AvgIpc) is 3.27. The summed E-state index contributed by atoms with van der Waals surface area (Å²) in [4.78, 5) is 25.7. The van der Waals surface area contributed by atoms with Gasteiger partial charge in [0.05, 0.1) is 34.5 Å². The third kappa shape index (κ3) is 5.31. The molecule has 0 atom stereocenters. The maximum Gasteiger partial charge on any atom is 0.265 e. The van der Waals surface area contributed by atoms with Crippen LogP contribution in [0.4, 0.5) is 11.4 Å². The normalized spacial score (nSPS) is 10.4. The van der Waals surface area contributed by atoms with Gasteiger partial charge < -0.3 is 20.1 Å². The number of anilines is 2. The van der Waals surface area contributed by atoms with Crippen LogP contribution >= 0.6 is 22.9 Å². The van der Waals surface area contributed by atoms with E-state index >= 15 is 0 Å². The minimum atomic E-state index is -0.368. The van der Waals surface area contributed by atoms with Gasteiger partial charge in [-0.05, 0) is 55.6 Å². The lowest BCUT2D eigenvalue weighted by Gasteiger charge is -2.14. The van der Waals surface area contributed by atoms with E-state index in [0.717, 1.165) is 0 Å². The van der Waals surface area contributed by atoms with Crippen LogP contribution in [0.2, 0.25) is 5.02 Å². The van der Waals surface area contributed by atoms with E-state index in [4.69, 9.17) is 21.1 Å². The summed E-state index contributed by atoms with van der Waals surface area (Å²) in [6.45, 7) is 4.71. The molecule has 3 aromatic rings. The first kappa shape index (κ1) is 21.7. The third-order valence-electron chi connectivity index (χ3n) is 4.03. The van der Waals surface area contributed by atoms with Crippen molar-refractivity contribution in [2.24, 2.45) is 0 Å². The van der Waals surface area contributed by atoms with Crippen molar-refractivity contribution in [2.45, 2.75) is 13.8 Å². The molecule has 0 saturated heterocycles. The highest BCUT2D eigenvalue weighted by Gasteiger charge is 2.15.